The van der Waals surface area contributed by atoms with E-state index in [4.69, 9.17) is 0 Å². The van der Waals surface area contributed by atoms with Crippen LogP contribution in [0.2, 0.25) is 0 Å². The van der Waals surface area contributed by atoms with E-state index in [-0.39, 0.29) is 6.04 Å². The molecule has 0 fully saturated rings. The lowest BCUT2D eigenvalue weighted by Crippen LogP contribution is -2.23. The molecule has 0 saturated heterocycles. The summed E-state index contributed by atoms with van der Waals surface area (Å²) in [6.45, 7) is 7.05. The molecule has 0 saturated carbocycles. The lowest BCUT2D eigenvalue weighted by atomic mass is 10.2. The molecule has 0 spiro atoms. The number of aryl methyl sites for hydroxylation is 2. The highest BCUT2D eigenvalue weighted by molar-refractivity contribution is 5.35. The number of hydrogen-bond donors (Lipinski definition) is 0. The molecule has 3 aromatic heterocycles. The molecular formula is C17H21N5. The average molecular weight is 295 g/mol. The molecule has 3 rings (SSSR count). The second kappa shape index (κ2) is 5.85. The topological polar surface area (TPSA) is 46.3 Å². The number of hydrogen-bond acceptors (Lipinski definition) is 4. The van der Waals surface area contributed by atoms with E-state index in [0.717, 1.165) is 35.1 Å². The van der Waals surface area contributed by atoms with Crippen molar-refractivity contribution in [2.24, 2.45) is 0 Å². The van der Waals surface area contributed by atoms with Gasteiger partial charge in [-0.05, 0) is 46.0 Å². The normalized spacial score (nSPS) is 13.0. The van der Waals surface area contributed by atoms with E-state index in [9.17, 15) is 0 Å². The summed E-state index contributed by atoms with van der Waals surface area (Å²) in [4.78, 5) is 15.6. The van der Waals surface area contributed by atoms with Crippen LogP contribution in [0.1, 0.15) is 35.7 Å². The number of pyridine rings is 1. The van der Waals surface area contributed by atoms with Crippen LogP contribution in [-0.4, -0.2) is 31.3 Å². The number of rotatable bonds is 4. The molecule has 0 radical (unpaired) electrons. The van der Waals surface area contributed by atoms with Crippen LogP contribution < -0.4 is 0 Å². The van der Waals surface area contributed by atoms with Gasteiger partial charge in [0.05, 0.1) is 17.6 Å². The standard InChI is InChI=1S/C17H21N5/c1-12-9-13(2)22-15(10-19-17(22)20-12)11-21(4)14(3)16-7-5-6-8-18-16/h5-10,14H,11H2,1-4H3/t14-/m0/s1. The zero-order valence-electron chi connectivity index (χ0n) is 13.5. The summed E-state index contributed by atoms with van der Waals surface area (Å²) in [7, 11) is 2.11. The first-order chi connectivity index (χ1) is 10.6. The number of imidazole rings is 1. The van der Waals surface area contributed by atoms with Gasteiger partial charge in [-0.25, -0.2) is 9.97 Å². The first kappa shape index (κ1) is 14.7. The highest BCUT2D eigenvalue weighted by atomic mass is 15.2. The van der Waals surface area contributed by atoms with E-state index in [0.29, 0.717) is 0 Å². The van der Waals surface area contributed by atoms with Gasteiger partial charge in [-0.15, -0.1) is 0 Å². The van der Waals surface area contributed by atoms with E-state index in [1.54, 1.807) is 0 Å². The molecule has 0 unspecified atom stereocenters. The second-order valence-electron chi connectivity index (χ2n) is 5.77. The van der Waals surface area contributed by atoms with E-state index < -0.39 is 0 Å². The van der Waals surface area contributed by atoms with Crippen molar-refractivity contribution >= 4 is 5.78 Å². The summed E-state index contributed by atoms with van der Waals surface area (Å²) in [5.74, 6) is 0.770. The third-order valence-electron chi connectivity index (χ3n) is 4.05. The van der Waals surface area contributed by atoms with Crippen molar-refractivity contribution in [3.05, 3.63) is 59.4 Å². The lowest BCUT2D eigenvalue weighted by Gasteiger charge is -2.24. The Bertz CT molecular complexity index is 778. The van der Waals surface area contributed by atoms with Gasteiger partial charge in [0.25, 0.3) is 0 Å². The van der Waals surface area contributed by atoms with Crippen molar-refractivity contribution in [1.29, 1.82) is 0 Å². The predicted octanol–water partition coefficient (Wildman–Crippen LogP) is 2.93. The van der Waals surface area contributed by atoms with Crippen molar-refractivity contribution in [1.82, 2.24) is 24.3 Å². The maximum Gasteiger partial charge on any atom is 0.234 e. The summed E-state index contributed by atoms with van der Waals surface area (Å²) in [6.07, 6.45) is 3.75. The molecule has 0 aliphatic carbocycles. The summed E-state index contributed by atoms with van der Waals surface area (Å²) >= 11 is 0. The fraction of sp³-hybridized carbons (Fsp3) is 0.353. The molecule has 0 aromatic carbocycles. The van der Waals surface area contributed by atoms with Gasteiger partial charge in [0, 0.05) is 30.2 Å². The van der Waals surface area contributed by atoms with Crippen LogP contribution in [0.4, 0.5) is 0 Å². The van der Waals surface area contributed by atoms with E-state index in [2.05, 4.69) is 57.3 Å². The number of aromatic nitrogens is 4. The minimum atomic E-state index is 0.241. The zero-order chi connectivity index (χ0) is 15.7. The Hall–Kier alpha value is -2.27. The average Bonchev–Trinajstić information content (AvgIpc) is 2.90. The zero-order valence-corrected chi connectivity index (χ0v) is 13.5. The largest absolute Gasteiger partial charge is 0.292 e. The Morgan fingerprint density at radius 3 is 2.77 bits per heavy atom. The molecule has 0 N–H and O–H groups in total. The Balaban J connectivity index is 1.87. The molecule has 114 valence electrons. The molecule has 22 heavy (non-hydrogen) atoms. The Morgan fingerprint density at radius 1 is 1.23 bits per heavy atom. The van der Waals surface area contributed by atoms with Crippen LogP contribution in [-0.2, 0) is 6.54 Å². The van der Waals surface area contributed by atoms with E-state index in [1.807, 2.05) is 31.5 Å². The van der Waals surface area contributed by atoms with Crippen molar-refractivity contribution < 1.29 is 0 Å². The maximum absolute atomic E-state index is 4.49. The quantitative estimate of drug-likeness (QED) is 0.742. The van der Waals surface area contributed by atoms with Crippen molar-refractivity contribution in [2.45, 2.75) is 33.4 Å². The third-order valence-corrected chi connectivity index (χ3v) is 4.05. The first-order valence-electron chi connectivity index (χ1n) is 7.48. The van der Waals surface area contributed by atoms with Gasteiger partial charge in [0.15, 0.2) is 0 Å². The third kappa shape index (κ3) is 2.72. The van der Waals surface area contributed by atoms with Crippen LogP contribution in [0.5, 0.6) is 0 Å². The smallest absolute Gasteiger partial charge is 0.234 e. The Labute approximate surface area is 130 Å². The molecule has 5 nitrogen and oxygen atoms in total. The molecule has 0 aliphatic rings. The second-order valence-corrected chi connectivity index (χ2v) is 5.77. The monoisotopic (exact) mass is 295 g/mol. The summed E-state index contributed by atoms with van der Waals surface area (Å²) < 4.78 is 2.12. The summed E-state index contributed by atoms with van der Waals surface area (Å²) in [5.41, 5.74) is 4.38. The first-order valence-corrected chi connectivity index (χ1v) is 7.48. The summed E-state index contributed by atoms with van der Waals surface area (Å²) in [6, 6.07) is 8.35. The van der Waals surface area contributed by atoms with Crippen LogP contribution >= 0.6 is 0 Å². The molecule has 0 aliphatic heterocycles. The van der Waals surface area contributed by atoms with Gasteiger partial charge in [0.1, 0.15) is 0 Å². The van der Waals surface area contributed by atoms with Crippen molar-refractivity contribution in [3.8, 4) is 0 Å². The van der Waals surface area contributed by atoms with Gasteiger partial charge in [0.2, 0.25) is 5.78 Å². The summed E-state index contributed by atoms with van der Waals surface area (Å²) in [5, 5.41) is 0. The van der Waals surface area contributed by atoms with E-state index >= 15 is 0 Å². The minimum Gasteiger partial charge on any atom is -0.292 e. The SMILES string of the molecule is Cc1cc(C)n2c(CN(C)[C@@H](C)c3ccccn3)cnc2n1. The molecule has 5 heteroatoms. The van der Waals surface area contributed by atoms with Crippen LogP contribution in [0, 0.1) is 13.8 Å². The number of nitrogens with zero attached hydrogens (tertiary/aromatic N) is 5. The molecule has 0 bridgehead atoms. The maximum atomic E-state index is 4.49. The van der Waals surface area contributed by atoms with Crippen LogP contribution in [0.15, 0.2) is 36.7 Å². The highest BCUT2D eigenvalue weighted by Gasteiger charge is 2.16. The highest BCUT2D eigenvalue weighted by Crippen LogP contribution is 2.19. The Kier molecular flexibility index (Phi) is 3.90. The fourth-order valence-electron chi connectivity index (χ4n) is 2.75. The Morgan fingerprint density at radius 2 is 2.05 bits per heavy atom. The van der Waals surface area contributed by atoms with Gasteiger partial charge < -0.3 is 0 Å². The molecular weight excluding hydrogens is 274 g/mol. The molecule has 1 atom stereocenters. The van der Waals surface area contributed by atoms with Gasteiger partial charge in [-0.1, -0.05) is 6.07 Å². The molecule has 0 amide bonds. The molecule has 3 aromatic rings. The number of fused-ring (bicyclic) bond motifs is 1. The van der Waals surface area contributed by atoms with Crippen molar-refractivity contribution in [2.75, 3.05) is 7.05 Å². The van der Waals surface area contributed by atoms with E-state index in [1.165, 1.54) is 0 Å². The van der Waals surface area contributed by atoms with Crippen LogP contribution in [0.25, 0.3) is 5.78 Å². The van der Waals surface area contributed by atoms with Crippen molar-refractivity contribution in [3.63, 3.8) is 0 Å². The molecule has 3 heterocycles. The predicted molar refractivity (Wildman–Crippen MR) is 86.6 cm³/mol. The lowest BCUT2D eigenvalue weighted by molar-refractivity contribution is 0.245. The van der Waals surface area contributed by atoms with Crippen LogP contribution in [0.3, 0.4) is 0 Å². The van der Waals surface area contributed by atoms with Gasteiger partial charge in [-0.2, -0.15) is 0 Å². The van der Waals surface area contributed by atoms with Gasteiger partial charge in [-0.3, -0.25) is 14.3 Å². The fourth-order valence-corrected chi connectivity index (χ4v) is 2.75. The van der Waals surface area contributed by atoms with Gasteiger partial charge >= 0.3 is 0 Å². The minimum absolute atomic E-state index is 0.241.